The Morgan fingerprint density at radius 2 is 1.96 bits per heavy atom. The Balaban J connectivity index is 2.31. The summed E-state index contributed by atoms with van der Waals surface area (Å²) in [5.41, 5.74) is 0.532. The first kappa shape index (κ1) is 16.3. The third-order valence-corrected chi connectivity index (χ3v) is 4.45. The molecule has 0 aliphatic rings. The summed E-state index contributed by atoms with van der Waals surface area (Å²) in [5, 5.41) is 27.5. The van der Waals surface area contributed by atoms with E-state index in [1.807, 2.05) is 0 Å². The molecular formula is C16H12N2O4S. The maximum atomic E-state index is 12.2. The summed E-state index contributed by atoms with van der Waals surface area (Å²) in [6.45, 7) is 0. The summed E-state index contributed by atoms with van der Waals surface area (Å²) in [6.07, 6.45) is 5.33. The highest BCUT2D eigenvalue weighted by atomic mass is 32.2. The molecule has 2 aromatic rings. The number of rotatable bonds is 4. The van der Waals surface area contributed by atoms with Crippen LogP contribution in [0, 0.1) is 11.3 Å². The van der Waals surface area contributed by atoms with E-state index in [0.29, 0.717) is 5.56 Å². The lowest BCUT2D eigenvalue weighted by molar-refractivity contribution is 0.403. The summed E-state index contributed by atoms with van der Waals surface area (Å²) < 4.78 is 24.5. The topological polar surface area (TPSA) is 111 Å². The van der Waals surface area contributed by atoms with E-state index in [1.54, 1.807) is 12.1 Å². The quantitative estimate of drug-likeness (QED) is 0.506. The van der Waals surface area contributed by atoms with Gasteiger partial charge >= 0.3 is 0 Å². The molecule has 23 heavy (non-hydrogen) atoms. The monoisotopic (exact) mass is 328 g/mol. The van der Waals surface area contributed by atoms with Gasteiger partial charge in [-0.3, -0.25) is 0 Å². The van der Waals surface area contributed by atoms with Crippen LogP contribution in [0.15, 0.2) is 64.7 Å². The summed E-state index contributed by atoms with van der Waals surface area (Å²) in [7, 11) is -3.97. The van der Waals surface area contributed by atoms with Gasteiger partial charge in [0.15, 0.2) is 21.4 Å². The number of nitriles is 1. The third kappa shape index (κ3) is 3.75. The predicted octanol–water partition coefficient (Wildman–Crippen LogP) is 2.39. The number of hydrogen-bond acceptors (Lipinski definition) is 6. The van der Waals surface area contributed by atoms with E-state index in [-0.39, 0.29) is 16.5 Å². The van der Waals surface area contributed by atoms with Crippen LogP contribution < -0.4 is 0 Å². The first-order valence-electron chi connectivity index (χ1n) is 6.41. The highest BCUT2D eigenvalue weighted by Gasteiger charge is 2.21. The number of aromatic hydroxyl groups is 2. The van der Waals surface area contributed by atoms with Gasteiger partial charge in [-0.1, -0.05) is 24.3 Å². The second kappa shape index (κ2) is 6.77. The van der Waals surface area contributed by atoms with Crippen molar-refractivity contribution in [1.82, 2.24) is 4.98 Å². The first-order chi connectivity index (χ1) is 10.9. The smallest absolute Gasteiger partial charge is 0.233 e. The number of phenols is 2. The maximum Gasteiger partial charge on any atom is 0.233 e. The lowest BCUT2D eigenvalue weighted by Gasteiger charge is -2.00. The lowest BCUT2D eigenvalue weighted by atomic mass is 10.2. The summed E-state index contributed by atoms with van der Waals surface area (Å²) in [6, 6.07) is 10.2. The Morgan fingerprint density at radius 1 is 1.17 bits per heavy atom. The number of phenolic OH excluding ortho intramolecular Hbond substituents is 2. The average Bonchev–Trinajstić information content (AvgIpc) is 2.55. The van der Waals surface area contributed by atoms with Crippen molar-refractivity contribution >= 4 is 15.9 Å². The van der Waals surface area contributed by atoms with Crippen LogP contribution >= 0.6 is 0 Å². The van der Waals surface area contributed by atoms with Crippen LogP contribution in [0.4, 0.5) is 0 Å². The van der Waals surface area contributed by atoms with Gasteiger partial charge in [0.25, 0.3) is 0 Å². The zero-order valence-electron chi connectivity index (χ0n) is 11.8. The van der Waals surface area contributed by atoms with Gasteiger partial charge in [-0.15, -0.1) is 0 Å². The number of pyridine rings is 1. The second-order valence-electron chi connectivity index (χ2n) is 4.42. The largest absolute Gasteiger partial charge is 0.504 e. The van der Waals surface area contributed by atoms with Crippen LogP contribution in [-0.2, 0) is 9.84 Å². The molecule has 1 heterocycles. The molecule has 1 aromatic carbocycles. The Labute approximate surface area is 133 Å². The second-order valence-corrected chi connectivity index (χ2v) is 6.29. The zero-order chi connectivity index (χ0) is 16.9. The fourth-order valence-electron chi connectivity index (χ4n) is 1.70. The van der Waals surface area contributed by atoms with Crippen molar-refractivity contribution < 1.29 is 18.6 Å². The number of aromatic nitrogens is 1. The fourth-order valence-corrected chi connectivity index (χ4v) is 2.76. The minimum absolute atomic E-state index is 0.205. The maximum absolute atomic E-state index is 12.2. The predicted molar refractivity (Wildman–Crippen MR) is 83.9 cm³/mol. The molecule has 1 aromatic heterocycles. The molecule has 2 N–H and O–H groups in total. The molecule has 0 saturated carbocycles. The number of benzene rings is 1. The summed E-state index contributed by atoms with van der Waals surface area (Å²) in [4.78, 5) is 3.29. The molecular weight excluding hydrogens is 316 g/mol. The molecule has 0 spiro atoms. The SMILES string of the molecule is N#C/C(=C\C=C\c1ccc(O)c(O)c1)S(=O)(=O)c1ccccn1. The van der Waals surface area contributed by atoms with Crippen molar-refractivity contribution in [3.63, 3.8) is 0 Å². The molecule has 0 bridgehead atoms. The summed E-state index contributed by atoms with van der Waals surface area (Å²) >= 11 is 0. The number of allylic oxidation sites excluding steroid dienone is 3. The molecule has 7 heteroatoms. The molecule has 2 rings (SSSR count). The van der Waals surface area contributed by atoms with Crippen LogP contribution in [0.25, 0.3) is 6.08 Å². The van der Waals surface area contributed by atoms with Gasteiger partial charge in [-0.05, 0) is 35.9 Å². The van der Waals surface area contributed by atoms with Gasteiger partial charge in [-0.2, -0.15) is 5.26 Å². The molecule has 0 amide bonds. The van der Waals surface area contributed by atoms with Crippen molar-refractivity contribution in [2.24, 2.45) is 0 Å². The van der Waals surface area contributed by atoms with Crippen LogP contribution in [0.2, 0.25) is 0 Å². The van der Waals surface area contributed by atoms with Gasteiger partial charge in [0.1, 0.15) is 6.07 Å². The van der Waals surface area contributed by atoms with Gasteiger partial charge in [0.2, 0.25) is 9.84 Å². The first-order valence-corrected chi connectivity index (χ1v) is 7.90. The molecule has 0 aliphatic heterocycles. The zero-order valence-corrected chi connectivity index (χ0v) is 12.6. The summed E-state index contributed by atoms with van der Waals surface area (Å²) in [5.74, 6) is -0.550. The number of sulfone groups is 1. The molecule has 6 nitrogen and oxygen atoms in total. The van der Waals surface area contributed by atoms with Gasteiger partial charge in [-0.25, -0.2) is 13.4 Å². The lowest BCUT2D eigenvalue weighted by Crippen LogP contribution is -2.05. The molecule has 116 valence electrons. The van der Waals surface area contributed by atoms with Gasteiger partial charge in [0, 0.05) is 6.20 Å². The van der Waals surface area contributed by atoms with Crippen molar-refractivity contribution in [3.05, 3.63) is 65.2 Å². The van der Waals surface area contributed by atoms with E-state index < -0.39 is 14.7 Å². The molecule has 0 unspecified atom stereocenters. The minimum Gasteiger partial charge on any atom is -0.504 e. The standard InChI is InChI=1S/C16H12N2O4S/c17-11-13(23(21,22)16-6-1-2-9-18-16)5-3-4-12-7-8-14(19)15(20)10-12/h1-10,19-20H/b4-3+,13-5+. The normalized spacial score (nSPS) is 12.2. The Hall–Kier alpha value is -3.11. The van der Waals surface area contributed by atoms with Crippen molar-refractivity contribution in [1.29, 1.82) is 5.26 Å². The number of hydrogen-bond donors (Lipinski definition) is 2. The van der Waals surface area contributed by atoms with E-state index in [9.17, 15) is 18.6 Å². The van der Waals surface area contributed by atoms with Crippen LogP contribution in [0.3, 0.4) is 0 Å². The Morgan fingerprint density at radius 3 is 2.57 bits per heavy atom. The molecule has 0 radical (unpaired) electrons. The fraction of sp³-hybridized carbons (Fsp3) is 0. The van der Waals surface area contributed by atoms with Crippen LogP contribution in [-0.4, -0.2) is 23.6 Å². The Kier molecular flexibility index (Phi) is 4.79. The molecule has 0 saturated heterocycles. The number of nitrogens with zero attached hydrogens (tertiary/aromatic N) is 2. The van der Waals surface area contributed by atoms with E-state index in [2.05, 4.69) is 4.98 Å². The van der Waals surface area contributed by atoms with Gasteiger partial charge < -0.3 is 10.2 Å². The highest BCUT2D eigenvalue weighted by molar-refractivity contribution is 7.95. The van der Waals surface area contributed by atoms with Crippen LogP contribution in [0.5, 0.6) is 11.5 Å². The third-order valence-electron chi connectivity index (χ3n) is 2.85. The van der Waals surface area contributed by atoms with Crippen LogP contribution in [0.1, 0.15) is 5.56 Å². The highest BCUT2D eigenvalue weighted by Crippen LogP contribution is 2.25. The average molecular weight is 328 g/mol. The van der Waals surface area contributed by atoms with E-state index in [1.165, 1.54) is 48.7 Å². The van der Waals surface area contributed by atoms with Crippen molar-refractivity contribution in [3.8, 4) is 17.6 Å². The van der Waals surface area contributed by atoms with Crippen molar-refractivity contribution in [2.45, 2.75) is 5.03 Å². The Bertz CT molecular complexity index is 911. The van der Waals surface area contributed by atoms with E-state index >= 15 is 0 Å². The van der Waals surface area contributed by atoms with E-state index in [0.717, 1.165) is 6.08 Å². The molecule has 0 fully saturated rings. The van der Waals surface area contributed by atoms with E-state index in [4.69, 9.17) is 5.26 Å². The minimum atomic E-state index is -3.97. The molecule has 0 atom stereocenters. The van der Waals surface area contributed by atoms with Crippen molar-refractivity contribution in [2.75, 3.05) is 0 Å². The van der Waals surface area contributed by atoms with Gasteiger partial charge in [0.05, 0.1) is 0 Å². The molecule has 0 aliphatic carbocycles.